The van der Waals surface area contributed by atoms with Crippen molar-refractivity contribution in [3.63, 3.8) is 0 Å². The number of aliphatic hydroxyl groups excluding tert-OH is 1. The molecule has 3 atom stereocenters. The Morgan fingerprint density at radius 1 is 1.42 bits per heavy atom. The molecule has 1 aromatic carbocycles. The van der Waals surface area contributed by atoms with Crippen LogP contribution in [0.1, 0.15) is 31.4 Å². The van der Waals surface area contributed by atoms with Gasteiger partial charge in [-0.3, -0.25) is 0 Å². The first-order valence-corrected chi connectivity index (χ1v) is 8.11. The summed E-state index contributed by atoms with van der Waals surface area (Å²) in [5, 5.41) is 15.9. The fourth-order valence-electron chi connectivity index (χ4n) is 2.75. The average molecular weight is 338 g/mol. The third-order valence-corrected chi connectivity index (χ3v) is 4.13. The number of hydrogen-bond donors (Lipinski definition) is 3. The van der Waals surface area contributed by atoms with Crippen molar-refractivity contribution in [2.75, 3.05) is 27.4 Å². The van der Waals surface area contributed by atoms with Gasteiger partial charge in [-0.15, -0.1) is 0 Å². The molecular weight excluding hydrogens is 312 g/mol. The van der Waals surface area contributed by atoms with E-state index in [9.17, 15) is 9.90 Å². The van der Waals surface area contributed by atoms with Gasteiger partial charge in [0, 0.05) is 18.7 Å². The molecule has 2 rings (SSSR count). The summed E-state index contributed by atoms with van der Waals surface area (Å²) < 4.78 is 15.9. The van der Waals surface area contributed by atoms with Crippen LogP contribution in [0.5, 0.6) is 11.5 Å². The molecule has 134 valence electrons. The van der Waals surface area contributed by atoms with Crippen molar-refractivity contribution < 1.29 is 24.1 Å². The number of aliphatic hydroxyl groups is 1. The van der Waals surface area contributed by atoms with Crippen molar-refractivity contribution in [2.24, 2.45) is 0 Å². The largest absolute Gasteiger partial charge is 0.497 e. The van der Waals surface area contributed by atoms with Gasteiger partial charge in [0.25, 0.3) is 0 Å². The van der Waals surface area contributed by atoms with Gasteiger partial charge in [-0.1, -0.05) is 0 Å². The van der Waals surface area contributed by atoms with E-state index in [-0.39, 0.29) is 24.7 Å². The van der Waals surface area contributed by atoms with Gasteiger partial charge < -0.3 is 30.0 Å². The molecule has 3 N–H and O–H groups in total. The lowest BCUT2D eigenvalue weighted by atomic mass is 10.1. The van der Waals surface area contributed by atoms with Crippen LogP contribution in [0, 0.1) is 0 Å². The molecule has 7 nitrogen and oxygen atoms in total. The van der Waals surface area contributed by atoms with Crippen LogP contribution < -0.4 is 20.1 Å². The number of amides is 2. The van der Waals surface area contributed by atoms with Gasteiger partial charge in [-0.25, -0.2) is 4.79 Å². The van der Waals surface area contributed by atoms with Gasteiger partial charge in [0.15, 0.2) is 0 Å². The summed E-state index contributed by atoms with van der Waals surface area (Å²) in [7, 11) is 3.08. The highest BCUT2D eigenvalue weighted by Crippen LogP contribution is 2.29. The molecule has 1 aliphatic rings. The zero-order valence-corrected chi connectivity index (χ0v) is 14.4. The Labute approximate surface area is 142 Å². The maximum Gasteiger partial charge on any atom is 0.315 e. The maximum atomic E-state index is 12.0. The quantitative estimate of drug-likeness (QED) is 0.703. The summed E-state index contributed by atoms with van der Waals surface area (Å²) in [6, 6.07) is 4.75. The molecule has 2 amide bonds. The van der Waals surface area contributed by atoms with Gasteiger partial charge in [-0.05, 0) is 38.0 Å². The highest BCUT2D eigenvalue weighted by molar-refractivity contribution is 5.74. The monoisotopic (exact) mass is 338 g/mol. The summed E-state index contributed by atoms with van der Waals surface area (Å²) in [4.78, 5) is 12.0. The lowest BCUT2D eigenvalue weighted by Crippen LogP contribution is -2.46. The van der Waals surface area contributed by atoms with E-state index < -0.39 is 6.10 Å². The van der Waals surface area contributed by atoms with Crippen molar-refractivity contribution in [2.45, 2.75) is 38.0 Å². The van der Waals surface area contributed by atoms with E-state index >= 15 is 0 Å². The standard InChI is InChI=1S/C17H26N2O5/c1-11(15-5-4-8-24-15)19-17(21)18-10-14(20)13-9-12(22-2)6-7-16(13)23-3/h6-7,9,11,14-15,20H,4-5,8,10H2,1-3H3,(H2,18,19,21)/t11-,14+,15-/m0/s1. The fraction of sp³-hybridized carbons (Fsp3) is 0.588. The number of benzene rings is 1. The number of carbonyl (C=O) groups excluding carboxylic acids is 1. The summed E-state index contributed by atoms with van der Waals surface area (Å²) in [5.41, 5.74) is 0.560. The van der Waals surface area contributed by atoms with Crippen LogP contribution in [-0.2, 0) is 4.74 Å². The molecule has 0 saturated carbocycles. The Bertz CT molecular complexity index is 546. The summed E-state index contributed by atoms with van der Waals surface area (Å²) in [6.45, 7) is 2.72. The minimum atomic E-state index is -0.904. The third kappa shape index (κ3) is 4.75. The topological polar surface area (TPSA) is 89.0 Å². The van der Waals surface area contributed by atoms with Crippen LogP contribution in [0.15, 0.2) is 18.2 Å². The van der Waals surface area contributed by atoms with Gasteiger partial charge in [-0.2, -0.15) is 0 Å². The van der Waals surface area contributed by atoms with Crippen molar-refractivity contribution >= 4 is 6.03 Å². The smallest absolute Gasteiger partial charge is 0.315 e. The molecule has 1 aromatic rings. The number of nitrogens with one attached hydrogen (secondary N) is 2. The Morgan fingerprint density at radius 3 is 2.83 bits per heavy atom. The molecule has 0 spiro atoms. The van der Waals surface area contributed by atoms with E-state index in [0.717, 1.165) is 19.4 Å². The lowest BCUT2D eigenvalue weighted by Gasteiger charge is -2.21. The Hall–Kier alpha value is -1.99. The SMILES string of the molecule is COc1ccc(OC)c([C@H](O)CNC(=O)N[C@@H](C)[C@@H]2CCCO2)c1. The Morgan fingerprint density at radius 2 is 2.21 bits per heavy atom. The Kier molecular flexibility index (Phi) is 6.69. The van der Waals surface area contributed by atoms with Crippen LogP contribution >= 0.6 is 0 Å². The summed E-state index contributed by atoms with van der Waals surface area (Å²) in [5.74, 6) is 1.15. The zero-order chi connectivity index (χ0) is 17.5. The molecule has 0 aromatic heterocycles. The normalized spacial score (nSPS) is 19.4. The molecule has 1 heterocycles. The molecule has 1 fully saturated rings. The molecule has 0 unspecified atom stereocenters. The second-order valence-corrected chi connectivity index (χ2v) is 5.82. The van der Waals surface area contributed by atoms with E-state index in [4.69, 9.17) is 14.2 Å². The first-order valence-electron chi connectivity index (χ1n) is 8.11. The number of methoxy groups -OCH3 is 2. The number of urea groups is 1. The number of hydrogen-bond acceptors (Lipinski definition) is 5. The minimum Gasteiger partial charge on any atom is -0.497 e. The highest BCUT2D eigenvalue weighted by Gasteiger charge is 2.24. The first-order chi connectivity index (χ1) is 11.5. The van der Waals surface area contributed by atoms with Gasteiger partial charge in [0.05, 0.1) is 26.4 Å². The molecule has 7 heteroatoms. The van der Waals surface area contributed by atoms with Crippen LogP contribution in [0.3, 0.4) is 0 Å². The lowest BCUT2D eigenvalue weighted by molar-refractivity contribution is 0.0856. The average Bonchev–Trinajstić information content (AvgIpc) is 3.13. The Balaban J connectivity index is 1.87. The summed E-state index contributed by atoms with van der Waals surface area (Å²) in [6.07, 6.45) is 1.12. The van der Waals surface area contributed by atoms with E-state index in [1.807, 2.05) is 6.92 Å². The molecule has 1 saturated heterocycles. The number of ether oxygens (including phenoxy) is 3. The van der Waals surface area contributed by atoms with Crippen LogP contribution in [0.2, 0.25) is 0 Å². The minimum absolute atomic E-state index is 0.0548. The van der Waals surface area contributed by atoms with Gasteiger partial charge in [0.2, 0.25) is 0 Å². The third-order valence-electron chi connectivity index (χ3n) is 4.13. The van der Waals surface area contributed by atoms with E-state index in [1.54, 1.807) is 25.3 Å². The second kappa shape index (κ2) is 8.75. The van der Waals surface area contributed by atoms with E-state index in [1.165, 1.54) is 7.11 Å². The predicted molar refractivity (Wildman–Crippen MR) is 89.5 cm³/mol. The van der Waals surface area contributed by atoms with Crippen LogP contribution in [0.25, 0.3) is 0 Å². The van der Waals surface area contributed by atoms with Crippen LogP contribution in [-0.4, -0.2) is 50.7 Å². The molecule has 24 heavy (non-hydrogen) atoms. The molecular formula is C17H26N2O5. The molecule has 0 radical (unpaired) electrons. The maximum absolute atomic E-state index is 12.0. The number of rotatable bonds is 7. The first kappa shape index (κ1) is 18.4. The van der Waals surface area contributed by atoms with Gasteiger partial charge in [0.1, 0.15) is 17.6 Å². The van der Waals surface area contributed by atoms with Crippen molar-refractivity contribution in [3.05, 3.63) is 23.8 Å². The van der Waals surface area contributed by atoms with Crippen molar-refractivity contribution in [1.82, 2.24) is 10.6 Å². The fourth-order valence-corrected chi connectivity index (χ4v) is 2.75. The summed E-state index contributed by atoms with van der Waals surface area (Å²) >= 11 is 0. The molecule has 0 bridgehead atoms. The van der Waals surface area contributed by atoms with Gasteiger partial charge >= 0.3 is 6.03 Å². The van der Waals surface area contributed by atoms with E-state index in [0.29, 0.717) is 17.1 Å². The zero-order valence-electron chi connectivity index (χ0n) is 14.4. The van der Waals surface area contributed by atoms with Crippen molar-refractivity contribution in [3.8, 4) is 11.5 Å². The molecule has 0 aliphatic carbocycles. The van der Waals surface area contributed by atoms with E-state index in [2.05, 4.69) is 10.6 Å². The van der Waals surface area contributed by atoms with Crippen LogP contribution in [0.4, 0.5) is 4.79 Å². The molecule has 1 aliphatic heterocycles. The second-order valence-electron chi connectivity index (χ2n) is 5.82. The number of carbonyl (C=O) groups is 1. The van der Waals surface area contributed by atoms with Crippen molar-refractivity contribution in [1.29, 1.82) is 0 Å². The predicted octanol–water partition coefficient (Wildman–Crippen LogP) is 1.60. The highest BCUT2D eigenvalue weighted by atomic mass is 16.5.